The second kappa shape index (κ2) is 14.5. The van der Waals surface area contributed by atoms with Gasteiger partial charge in [-0.3, -0.25) is 0 Å². The van der Waals surface area contributed by atoms with E-state index in [4.69, 9.17) is 0 Å². The highest BCUT2D eigenvalue weighted by Crippen LogP contribution is 2.63. The molecule has 0 spiro atoms. The highest BCUT2D eigenvalue weighted by molar-refractivity contribution is 7.86. The zero-order valence-corrected chi connectivity index (χ0v) is 25.4. The average Bonchev–Trinajstić information content (AvgIpc) is 3.03. The van der Waals surface area contributed by atoms with Crippen molar-refractivity contribution in [2.75, 3.05) is 0 Å². The molecule has 0 fully saturated rings. The van der Waals surface area contributed by atoms with E-state index in [9.17, 15) is 0 Å². The van der Waals surface area contributed by atoms with Gasteiger partial charge in [-0.05, 0) is 19.3 Å². The molecule has 2 nitrogen and oxygen atoms in total. The van der Waals surface area contributed by atoms with Gasteiger partial charge in [0.1, 0.15) is 0 Å². The highest BCUT2D eigenvalue weighted by Gasteiger charge is 2.40. The van der Waals surface area contributed by atoms with Crippen LogP contribution in [0.2, 0.25) is 0 Å². The lowest BCUT2D eigenvalue weighted by atomic mass is 10.2. The van der Waals surface area contributed by atoms with E-state index >= 15 is 9.13 Å². The summed E-state index contributed by atoms with van der Waals surface area (Å²) in [6.45, 7) is 4.33. The van der Waals surface area contributed by atoms with Crippen LogP contribution in [0, 0.1) is 0 Å². The Bertz CT molecular complexity index is 1400. The molecule has 0 bridgehead atoms. The summed E-state index contributed by atoms with van der Waals surface area (Å²) in [4.78, 5) is 0. The molecule has 0 atom stereocenters. The van der Waals surface area contributed by atoms with Crippen molar-refractivity contribution in [3.05, 3.63) is 144 Å². The molecule has 0 aliphatic carbocycles. The highest BCUT2D eigenvalue weighted by atomic mass is 31.2. The van der Waals surface area contributed by atoms with E-state index in [1.807, 2.05) is 121 Å². The maximum Gasteiger partial charge on any atom is 0.171 e. The van der Waals surface area contributed by atoms with Crippen LogP contribution in [0.3, 0.4) is 0 Å². The van der Waals surface area contributed by atoms with Gasteiger partial charge in [-0.15, -0.1) is 0 Å². The number of allylic oxidation sites excluding steroid dienone is 4. The quantitative estimate of drug-likeness (QED) is 0.0919. The molecule has 0 aliphatic heterocycles. The predicted octanol–water partition coefficient (Wildman–Crippen LogP) is 9.16. The first kappa shape index (κ1) is 29.8. The van der Waals surface area contributed by atoms with Crippen LogP contribution in [0.5, 0.6) is 0 Å². The van der Waals surface area contributed by atoms with E-state index in [1.54, 1.807) is 0 Å². The summed E-state index contributed by atoms with van der Waals surface area (Å²) < 4.78 is 31.7. The normalized spacial score (nSPS) is 12.8. The molecule has 0 amide bonds. The molecule has 0 N–H and O–H groups in total. The van der Waals surface area contributed by atoms with E-state index in [2.05, 4.69) is 26.0 Å². The summed E-state index contributed by atoms with van der Waals surface area (Å²) in [7, 11) is -6.75. The molecular weight excluding hydrogens is 526 g/mol. The van der Waals surface area contributed by atoms with Crippen LogP contribution in [0.25, 0.3) is 0 Å². The third-order valence-corrected chi connectivity index (χ3v) is 13.9. The maximum atomic E-state index is 15.9. The minimum atomic E-state index is -3.40. The molecule has 40 heavy (non-hydrogen) atoms. The lowest BCUT2D eigenvalue weighted by Crippen LogP contribution is -2.22. The Hall–Kier alpha value is -3.18. The Labute approximate surface area is 240 Å². The van der Waals surface area contributed by atoms with Crippen molar-refractivity contribution in [3.8, 4) is 0 Å². The lowest BCUT2D eigenvalue weighted by Gasteiger charge is -2.29. The number of rotatable bonds is 13. The minimum Gasteiger partial charge on any atom is -0.309 e. The van der Waals surface area contributed by atoms with Crippen LogP contribution in [0.1, 0.15) is 52.4 Å². The van der Waals surface area contributed by atoms with Gasteiger partial charge in [-0.2, -0.15) is 0 Å². The molecule has 4 aromatic rings. The van der Waals surface area contributed by atoms with Crippen molar-refractivity contribution >= 4 is 35.5 Å². The van der Waals surface area contributed by atoms with E-state index in [0.717, 1.165) is 58.6 Å². The maximum absolute atomic E-state index is 15.9. The first-order valence-corrected chi connectivity index (χ1v) is 17.8. The molecule has 0 saturated carbocycles. The van der Waals surface area contributed by atoms with Crippen molar-refractivity contribution in [2.24, 2.45) is 0 Å². The first-order chi connectivity index (χ1) is 19.6. The van der Waals surface area contributed by atoms with Crippen LogP contribution in [-0.4, -0.2) is 0 Å². The van der Waals surface area contributed by atoms with E-state index in [-0.39, 0.29) is 0 Å². The molecule has 0 aliphatic rings. The largest absolute Gasteiger partial charge is 0.309 e. The number of unbranched alkanes of at least 4 members (excludes halogenated alkanes) is 3. The zero-order chi connectivity index (χ0) is 28.3. The van der Waals surface area contributed by atoms with Crippen LogP contribution >= 0.6 is 14.3 Å². The van der Waals surface area contributed by atoms with Gasteiger partial charge in [0, 0.05) is 31.8 Å². The average molecular weight is 567 g/mol. The van der Waals surface area contributed by atoms with Crippen LogP contribution in [-0.2, 0) is 9.13 Å². The van der Waals surface area contributed by atoms with Crippen LogP contribution in [0.4, 0.5) is 0 Å². The fourth-order valence-electron chi connectivity index (χ4n) is 5.13. The summed E-state index contributed by atoms with van der Waals surface area (Å²) in [6.07, 6.45) is 9.61. The molecular formula is C36H40O2P2. The van der Waals surface area contributed by atoms with Gasteiger partial charge >= 0.3 is 0 Å². The van der Waals surface area contributed by atoms with Gasteiger partial charge in [-0.25, -0.2) is 0 Å². The monoisotopic (exact) mass is 566 g/mol. The Morgan fingerprint density at radius 1 is 0.550 bits per heavy atom. The lowest BCUT2D eigenvalue weighted by molar-refractivity contribution is 0.586. The molecule has 206 valence electrons. The molecule has 0 aromatic heterocycles. The van der Waals surface area contributed by atoms with Gasteiger partial charge in [0.15, 0.2) is 14.3 Å². The summed E-state index contributed by atoms with van der Waals surface area (Å²) in [5.41, 5.74) is 0. The van der Waals surface area contributed by atoms with Crippen LogP contribution in [0.15, 0.2) is 144 Å². The SMILES string of the molecule is CCCC/C=C\C(=C(/CCCC)P(=O)(c1ccccc1)c1ccccc1)P(=O)(c1ccccc1)c1ccccc1. The summed E-state index contributed by atoms with van der Waals surface area (Å²) in [5.74, 6) is 0. The van der Waals surface area contributed by atoms with Gasteiger partial charge in [-0.1, -0.05) is 167 Å². The standard InChI is InChI=1S/C36H40O2P2/c1-3-5-7-20-30-36(40(38,33-25-16-10-17-26-33)34-27-18-11-19-28-34)35(29-6-4-2)39(37,31-21-12-8-13-22-31)32-23-14-9-15-24-32/h8-28,30H,3-7,29H2,1-2H3/b30-20-,36-35-. The summed E-state index contributed by atoms with van der Waals surface area (Å²) in [5, 5.41) is 4.59. The Morgan fingerprint density at radius 3 is 1.30 bits per heavy atom. The van der Waals surface area contributed by atoms with E-state index < -0.39 is 14.3 Å². The number of hydrogen-bond acceptors (Lipinski definition) is 2. The number of hydrogen-bond donors (Lipinski definition) is 0. The Morgan fingerprint density at radius 2 is 0.925 bits per heavy atom. The van der Waals surface area contributed by atoms with Gasteiger partial charge in [0.2, 0.25) is 0 Å². The Kier molecular flexibility index (Phi) is 10.8. The van der Waals surface area contributed by atoms with Crippen molar-refractivity contribution in [2.45, 2.75) is 52.4 Å². The number of benzene rings is 4. The molecule has 0 heterocycles. The fourth-order valence-corrected chi connectivity index (χ4v) is 11.8. The van der Waals surface area contributed by atoms with E-state index in [0.29, 0.717) is 11.7 Å². The third-order valence-electron chi connectivity index (χ3n) is 7.26. The third kappa shape index (κ3) is 6.41. The van der Waals surface area contributed by atoms with Gasteiger partial charge < -0.3 is 9.13 Å². The molecule has 4 heteroatoms. The summed E-state index contributed by atoms with van der Waals surface area (Å²) in [6, 6.07) is 39.1. The van der Waals surface area contributed by atoms with Crippen molar-refractivity contribution in [3.63, 3.8) is 0 Å². The van der Waals surface area contributed by atoms with Gasteiger partial charge in [0.25, 0.3) is 0 Å². The van der Waals surface area contributed by atoms with E-state index in [1.165, 1.54) is 0 Å². The zero-order valence-electron chi connectivity index (χ0n) is 23.7. The fraction of sp³-hybridized carbons (Fsp3) is 0.222. The second-order valence-electron chi connectivity index (χ2n) is 10.0. The molecule has 0 unspecified atom stereocenters. The first-order valence-electron chi connectivity index (χ1n) is 14.4. The molecule has 0 saturated heterocycles. The molecule has 0 radical (unpaired) electrons. The molecule has 4 rings (SSSR count). The van der Waals surface area contributed by atoms with Crippen LogP contribution < -0.4 is 21.2 Å². The topological polar surface area (TPSA) is 34.1 Å². The van der Waals surface area contributed by atoms with Crippen molar-refractivity contribution in [1.29, 1.82) is 0 Å². The predicted molar refractivity (Wildman–Crippen MR) is 175 cm³/mol. The van der Waals surface area contributed by atoms with Crippen molar-refractivity contribution < 1.29 is 9.13 Å². The second-order valence-corrected chi connectivity index (χ2v) is 15.6. The molecule has 4 aromatic carbocycles. The van der Waals surface area contributed by atoms with Crippen molar-refractivity contribution in [1.82, 2.24) is 0 Å². The smallest absolute Gasteiger partial charge is 0.171 e. The van der Waals surface area contributed by atoms with Gasteiger partial charge in [0.05, 0.1) is 0 Å². The summed E-state index contributed by atoms with van der Waals surface area (Å²) >= 11 is 0. The minimum absolute atomic E-state index is 0.606. The Balaban J connectivity index is 2.17.